The number of fused-ring (bicyclic) bond motifs is 5. The van der Waals surface area contributed by atoms with E-state index in [1.807, 2.05) is 189 Å². The van der Waals surface area contributed by atoms with Crippen LogP contribution in [0.1, 0.15) is 40.0 Å². The van der Waals surface area contributed by atoms with Gasteiger partial charge in [0.15, 0.2) is 0 Å². The molecule has 616 valence electrons. The number of aryl methyl sites for hydroxylation is 4. The number of halogens is 4. The molecule has 0 radical (unpaired) electrons. The highest BCUT2D eigenvalue weighted by Gasteiger charge is 2.23. The number of carboxylic acid groups (broad SMARTS) is 1. The molecule has 0 atom stereocenters. The first-order valence-electron chi connectivity index (χ1n) is 39.7. The lowest BCUT2D eigenvalue weighted by Crippen LogP contribution is -2.02. The molecular formula is C106H78Cl4N10O6. The largest absolute Gasteiger partial charge is 0.508 e. The maximum atomic E-state index is 11.6. The van der Waals surface area contributed by atoms with Gasteiger partial charge in [-0.05, 0) is 161 Å². The van der Waals surface area contributed by atoms with E-state index < -0.39 is 5.97 Å². The van der Waals surface area contributed by atoms with E-state index in [1.165, 1.54) is 40.5 Å². The van der Waals surface area contributed by atoms with Crippen molar-refractivity contribution in [1.82, 2.24) is 49.8 Å². The molecule has 0 saturated carbocycles. The molecule has 20 heteroatoms. The smallest absolute Gasteiger partial charge is 0.337 e. The van der Waals surface area contributed by atoms with Crippen LogP contribution >= 0.6 is 46.4 Å². The summed E-state index contributed by atoms with van der Waals surface area (Å²) in [5.74, 6) is -0.572. The standard InChI is InChI=1S/C21H14Cl2N2.C21H15ClN2O.C21H15ClN2.C21H14N2O4.C21H16N2O.CH4/c1-13-8-10-14(11-9-13)19-20(15-4-2-5-16(22)12-15)25-21-17(23)6-3-7-18(21)24-19;1-13-8-10-14(11-9-13)19-20(15-4-2-5-16(22)12-15)24-21-17(23-19)6-3-7-18(21)25;1-14-10-12-16(13-11-14)19-20(15-6-3-2-4-7-15)24-21-17(22)8-5-9-18(21)23-19;24-14-8-4-12(5-9-14)18-19(13-6-10-15(25)11-7-13)23-20-16(21(26)27)2-1-3-17(20)22-18;1-14-10-12-16(13-11-14)19-20(15-6-3-2-4-7-15)23-21-17(22-19)8-5-9-18(21)24;/h2-12H,1H3;2-12,25H,1H3;2-13H,1H3;1-11,24-25H,(H,26,27);2-13,24H,1H3;1H4. The summed E-state index contributed by atoms with van der Waals surface area (Å²) in [6.45, 7) is 8.25. The molecule has 20 rings (SSSR count). The quantitative estimate of drug-likeness (QED) is 0.0808. The van der Waals surface area contributed by atoms with Gasteiger partial charge in [-0.25, -0.2) is 54.6 Å². The lowest BCUT2D eigenvalue weighted by atomic mass is 10.0. The number of nitrogens with zero attached hydrogens (tertiary/aromatic N) is 10. The number of rotatable bonds is 11. The van der Waals surface area contributed by atoms with Crippen LogP contribution in [0.25, 0.3) is 168 Å². The van der Waals surface area contributed by atoms with Crippen molar-refractivity contribution in [2.45, 2.75) is 35.1 Å². The van der Waals surface area contributed by atoms with E-state index in [4.69, 9.17) is 86.3 Å². The van der Waals surface area contributed by atoms with Crippen molar-refractivity contribution in [1.29, 1.82) is 0 Å². The highest BCUT2D eigenvalue weighted by molar-refractivity contribution is 6.35. The number of phenols is 4. The zero-order valence-corrected chi connectivity index (χ0v) is 70.6. The zero-order valence-electron chi connectivity index (χ0n) is 67.5. The third-order valence-corrected chi connectivity index (χ3v) is 21.5. The van der Waals surface area contributed by atoms with Crippen LogP contribution in [0.2, 0.25) is 20.1 Å². The Balaban J connectivity index is 0.000000121. The fourth-order valence-electron chi connectivity index (χ4n) is 14.0. The average Bonchev–Trinajstić information content (AvgIpc) is 0.789. The molecule has 5 N–H and O–H groups in total. The van der Waals surface area contributed by atoms with Gasteiger partial charge in [0.05, 0.1) is 100 Å². The van der Waals surface area contributed by atoms with Crippen LogP contribution in [-0.4, -0.2) is 81.3 Å². The van der Waals surface area contributed by atoms with E-state index in [2.05, 4.69) is 104 Å². The number of aromatic nitrogens is 10. The van der Waals surface area contributed by atoms with Crippen LogP contribution in [0.5, 0.6) is 23.0 Å². The second-order valence-corrected chi connectivity index (χ2v) is 31.1. The maximum absolute atomic E-state index is 11.6. The Kier molecular flexibility index (Phi) is 26.2. The van der Waals surface area contributed by atoms with Crippen LogP contribution in [0.15, 0.2) is 346 Å². The molecule has 16 nitrogen and oxygen atoms in total. The van der Waals surface area contributed by atoms with Crippen molar-refractivity contribution in [3.8, 4) is 136 Å². The van der Waals surface area contributed by atoms with Gasteiger partial charge in [-0.15, -0.1) is 0 Å². The summed E-state index contributed by atoms with van der Waals surface area (Å²) in [6.07, 6.45) is 0. The molecule has 0 aliphatic rings. The molecule has 0 amide bonds. The summed E-state index contributed by atoms with van der Waals surface area (Å²) in [6, 6.07) is 108. The highest BCUT2D eigenvalue weighted by atomic mass is 35.5. The van der Waals surface area contributed by atoms with Crippen LogP contribution in [0.3, 0.4) is 0 Å². The number of phenolic OH excluding ortho intramolecular Hbond substituents is 4. The first-order valence-corrected chi connectivity index (χ1v) is 41.2. The van der Waals surface area contributed by atoms with Crippen molar-refractivity contribution < 1.29 is 30.3 Å². The molecule has 5 heterocycles. The number of carboxylic acids is 1. The van der Waals surface area contributed by atoms with Crippen LogP contribution in [0, 0.1) is 27.7 Å². The van der Waals surface area contributed by atoms with Crippen LogP contribution < -0.4 is 0 Å². The normalized spacial score (nSPS) is 10.8. The van der Waals surface area contributed by atoms with E-state index in [0.29, 0.717) is 75.8 Å². The number of hydrogen-bond acceptors (Lipinski definition) is 15. The number of hydrogen-bond donors (Lipinski definition) is 5. The Labute approximate surface area is 746 Å². The summed E-state index contributed by atoms with van der Waals surface area (Å²) in [5.41, 5.74) is 27.6. The number of aromatic hydroxyl groups is 4. The Morgan fingerprint density at radius 2 is 0.460 bits per heavy atom. The molecule has 126 heavy (non-hydrogen) atoms. The minimum absolute atomic E-state index is 0. The predicted molar refractivity (Wildman–Crippen MR) is 511 cm³/mol. The van der Waals surface area contributed by atoms with E-state index in [-0.39, 0.29) is 41.5 Å². The second-order valence-electron chi connectivity index (χ2n) is 29.4. The van der Waals surface area contributed by atoms with Gasteiger partial charge in [0.2, 0.25) is 0 Å². The molecule has 0 saturated heterocycles. The average molecular weight is 1730 g/mol. The fraction of sp³-hybridized carbons (Fsp3) is 0.0472. The van der Waals surface area contributed by atoms with Gasteiger partial charge in [-0.1, -0.05) is 288 Å². The minimum Gasteiger partial charge on any atom is -0.508 e. The molecular weight excluding hydrogens is 1650 g/mol. The van der Waals surface area contributed by atoms with Gasteiger partial charge in [0.1, 0.15) is 50.6 Å². The monoisotopic (exact) mass is 1730 g/mol. The van der Waals surface area contributed by atoms with Crippen molar-refractivity contribution >= 4 is 108 Å². The van der Waals surface area contributed by atoms with Gasteiger partial charge >= 0.3 is 5.97 Å². The summed E-state index contributed by atoms with van der Waals surface area (Å²) >= 11 is 25.0. The van der Waals surface area contributed by atoms with E-state index >= 15 is 0 Å². The lowest BCUT2D eigenvalue weighted by molar-refractivity contribution is 0.0698. The van der Waals surface area contributed by atoms with Gasteiger partial charge in [-0.3, -0.25) is 0 Å². The second kappa shape index (κ2) is 38.5. The predicted octanol–water partition coefficient (Wildman–Crippen LogP) is 27.8. The van der Waals surface area contributed by atoms with E-state index in [9.17, 15) is 30.3 Å². The first kappa shape index (κ1) is 85.8. The third-order valence-electron chi connectivity index (χ3n) is 20.4. The fourth-order valence-corrected chi connectivity index (χ4v) is 14.8. The molecule has 0 aliphatic carbocycles. The lowest BCUT2D eigenvalue weighted by Gasteiger charge is -2.12. The molecule has 0 spiro atoms. The summed E-state index contributed by atoms with van der Waals surface area (Å²) in [4.78, 5) is 59.2. The first-order chi connectivity index (χ1) is 60.7. The van der Waals surface area contributed by atoms with Crippen molar-refractivity contribution in [2.24, 2.45) is 0 Å². The molecule has 5 aromatic heterocycles. The Morgan fingerprint density at radius 3 is 0.770 bits per heavy atom. The molecule has 0 aliphatic heterocycles. The molecule has 15 aromatic carbocycles. The molecule has 20 aromatic rings. The molecule has 0 bridgehead atoms. The van der Waals surface area contributed by atoms with Gasteiger partial charge in [0, 0.05) is 65.7 Å². The molecule has 0 fully saturated rings. The summed E-state index contributed by atoms with van der Waals surface area (Å²) in [7, 11) is 0. The van der Waals surface area contributed by atoms with Gasteiger partial charge < -0.3 is 25.5 Å². The van der Waals surface area contributed by atoms with E-state index in [0.717, 1.165) is 106 Å². The van der Waals surface area contributed by atoms with Gasteiger partial charge in [-0.2, -0.15) is 0 Å². The highest BCUT2D eigenvalue weighted by Crippen LogP contribution is 2.41. The number of aromatic carboxylic acids is 1. The SMILES string of the molecule is C.Cc1ccc(-c2nc3cccc(Cl)c3nc2-c2cccc(Cl)c2)cc1.Cc1ccc(-c2nc3cccc(Cl)c3nc2-c2ccccc2)cc1.Cc1ccc(-c2nc3cccc(O)c3nc2-c2cccc(Cl)c2)cc1.Cc1ccc(-c2nc3cccc(O)c3nc2-c2ccccc2)cc1.O=C(O)c1cccc2nc(-c3ccc(O)cc3)c(-c3ccc(O)cc3)nc12. The summed E-state index contributed by atoms with van der Waals surface area (Å²) < 4.78 is 0. The van der Waals surface area contributed by atoms with Crippen molar-refractivity contribution in [3.05, 3.63) is 394 Å². The van der Waals surface area contributed by atoms with E-state index in [1.54, 1.807) is 72.8 Å². The van der Waals surface area contributed by atoms with Crippen molar-refractivity contribution in [3.63, 3.8) is 0 Å². The Morgan fingerprint density at radius 1 is 0.230 bits per heavy atom. The maximum Gasteiger partial charge on any atom is 0.337 e. The Bertz CT molecular complexity index is 7030. The third kappa shape index (κ3) is 19.5. The topological polar surface area (TPSA) is 247 Å². The Hall–Kier alpha value is -15.2. The van der Waals surface area contributed by atoms with Gasteiger partial charge in [0.25, 0.3) is 0 Å². The number of benzene rings is 15. The molecule has 0 unspecified atom stereocenters. The minimum atomic E-state index is -1.08. The van der Waals surface area contributed by atoms with Crippen LogP contribution in [0.4, 0.5) is 0 Å². The number of para-hydroxylation sites is 5. The van der Waals surface area contributed by atoms with Crippen LogP contribution in [-0.2, 0) is 0 Å². The number of carbonyl (C=O) groups is 1. The summed E-state index contributed by atoms with van der Waals surface area (Å²) in [5, 5.41) is 51.4. The zero-order chi connectivity index (χ0) is 86.8. The van der Waals surface area contributed by atoms with Crippen molar-refractivity contribution in [2.75, 3.05) is 0 Å².